The third-order valence-electron chi connectivity index (χ3n) is 4.61. The minimum Gasteiger partial charge on any atom is -0.493 e. The van der Waals surface area contributed by atoms with Gasteiger partial charge in [0.2, 0.25) is 5.88 Å². The summed E-state index contributed by atoms with van der Waals surface area (Å²) in [7, 11) is 3.06. The zero-order valence-corrected chi connectivity index (χ0v) is 17.6. The summed E-state index contributed by atoms with van der Waals surface area (Å²) in [6.07, 6.45) is 1.37. The SMILES string of the molecule is COc1cc2ncnc(Oc3ccc(NC(=O)Nc4ccc(F)cc4F)cc3)c2cc1OC. The van der Waals surface area contributed by atoms with Crippen molar-refractivity contribution in [1.82, 2.24) is 9.97 Å². The number of methoxy groups -OCH3 is 2. The highest BCUT2D eigenvalue weighted by Gasteiger charge is 2.13. The van der Waals surface area contributed by atoms with Crippen molar-refractivity contribution >= 4 is 28.3 Å². The van der Waals surface area contributed by atoms with E-state index in [9.17, 15) is 13.6 Å². The normalized spacial score (nSPS) is 10.5. The van der Waals surface area contributed by atoms with Crippen LogP contribution in [0.25, 0.3) is 10.9 Å². The van der Waals surface area contributed by atoms with Gasteiger partial charge in [-0.15, -0.1) is 0 Å². The van der Waals surface area contributed by atoms with Crippen LogP contribution in [0.1, 0.15) is 0 Å². The summed E-state index contributed by atoms with van der Waals surface area (Å²) < 4.78 is 43.2. The molecule has 1 aromatic heterocycles. The average molecular weight is 452 g/mol. The van der Waals surface area contributed by atoms with Gasteiger partial charge in [-0.25, -0.2) is 23.5 Å². The molecule has 0 spiro atoms. The standard InChI is InChI=1S/C23H18F2N4O4/c1-31-20-10-16-19(11-21(20)32-2)26-12-27-22(16)33-15-6-4-14(5-7-15)28-23(30)29-18-8-3-13(24)9-17(18)25/h3-12H,1-2H3,(H2,28,29,30). The van der Waals surface area contributed by atoms with Crippen molar-refractivity contribution in [2.24, 2.45) is 0 Å². The lowest BCUT2D eigenvalue weighted by Gasteiger charge is -2.12. The van der Waals surface area contributed by atoms with Crippen molar-refractivity contribution < 1.29 is 27.8 Å². The van der Waals surface area contributed by atoms with E-state index in [0.717, 1.165) is 12.1 Å². The molecule has 2 amide bonds. The zero-order valence-electron chi connectivity index (χ0n) is 17.6. The van der Waals surface area contributed by atoms with Crippen LogP contribution in [0.15, 0.2) is 60.9 Å². The van der Waals surface area contributed by atoms with Gasteiger partial charge in [-0.1, -0.05) is 0 Å². The monoisotopic (exact) mass is 452 g/mol. The predicted molar refractivity (Wildman–Crippen MR) is 118 cm³/mol. The van der Waals surface area contributed by atoms with Crippen molar-refractivity contribution in [1.29, 1.82) is 0 Å². The second-order valence-electron chi connectivity index (χ2n) is 6.73. The second-order valence-corrected chi connectivity index (χ2v) is 6.73. The molecule has 10 heteroatoms. The zero-order chi connectivity index (χ0) is 23.4. The Morgan fingerprint density at radius 1 is 0.879 bits per heavy atom. The second kappa shape index (κ2) is 9.35. The van der Waals surface area contributed by atoms with Gasteiger partial charge in [0.15, 0.2) is 11.5 Å². The number of nitrogens with one attached hydrogen (secondary N) is 2. The number of carbonyl (C=O) groups excluding carboxylic acids is 1. The van der Waals surface area contributed by atoms with Crippen LogP contribution >= 0.6 is 0 Å². The number of halogens is 2. The smallest absolute Gasteiger partial charge is 0.323 e. The van der Waals surface area contributed by atoms with Gasteiger partial charge < -0.3 is 24.8 Å². The summed E-state index contributed by atoms with van der Waals surface area (Å²) in [6, 6.07) is 12.1. The van der Waals surface area contributed by atoms with Crippen LogP contribution in [0.4, 0.5) is 25.0 Å². The fourth-order valence-corrected chi connectivity index (χ4v) is 3.03. The number of carbonyl (C=O) groups is 1. The van der Waals surface area contributed by atoms with Gasteiger partial charge in [0, 0.05) is 17.8 Å². The molecule has 168 valence electrons. The lowest BCUT2D eigenvalue weighted by molar-refractivity contribution is 0.262. The number of ether oxygens (including phenoxy) is 3. The Morgan fingerprint density at radius 3 is 2.30 bits per heavy atom. The first-order valence-corrected chi connectivity index (χ1v) is 9.64. The fraction of sp³-hybridized carbons (Fsp3) is 0.0870. The van der Waals surface area contributed by atoms with Gasteiger partial charge in [0.05, 0.1) is 30.8 Å². The summed E-state index contributed by atoms with van der Waals surface area (Å²) in [6.45, 7) is 0. The predicted octanol–water partition coefficient (Wildman–Crippen LogP) is 5.36. The Hall–Kier alpha value is -4.47. The van der Waals surface area contributed by atoms with E-state index in [0.29, 0.717) is 45.8 Å². The van der Waals surface area contributed by atoms with Crippen LogP contribution in [0.2, 0.25) is 0 Å². The molecule has 4 aromatic rings. The molecule has 0 radical (unpaired) electrons. The lowest BCUT2D eigenvalue weighted by Crippen LogP contribution is -2.20. The molecule has 0 unspecified atom stereocenters. The molecular weight excluding hydrogens is 434 g/mol. The topological polar surface area (TPSA) is 94.6 Å². The third kappa shape index (κ3) is 4.90. The molecule has 0 saturated heterocycles. The van der Waals surface area contributed by atoms with Crippen molar-refractivity contribution in [3.05, 3.63) is 72.6 Å². The summed E-state index contributed by atoms with van der Waals surface area (Å²) in [5.74, 6) is 0.200. The largest absolute Gasteiger partial charge is 0.493 e. The Balaban J connectivity index is 1.47. The molecule has 8 nitrogen and oxygen atoms in total. The Labute approximate surface area is 187 Å². The van der Waals surface area contributed by atoms with Gasteiger partial charge in [-0.05, 0) is 42.5 Å². The van der Waals surface area contributed by atoms with Crippen LogP contribution in [0.5, 0.6) is 23.1 Å². The van der Waals surface area contributed by atoms with Crippen molar-refractivity contribution in [2.45, 2.75) is 0 Å². The van der Waals surface area contributed by atoms with Gasteiger partial charge in [0.1, 0.15) is 23.7 Å². The summed E-state index contributed by atoms with van der Waals surface area (Å²) in [5, 5.41) is 5.50. The molecule has 0 aliphatic heterocycles. The molecule has 0 fully saturated rings. The Kier molecular flexibility index (Phi) is 6.16. The Bertz CT molecular complexity index is 1320. The van der Waals surface area contributed by atoms with Gasteiger partial charge >= 0.3 is 6.03 Å². The molecule has 0 atom stereocenters. The molecule has 2 N–H and O–H groups in total. The van der Waals surface area contributed by atoms with Crippen LogP contribution in [-0.4, -0.2) is 30.2 Å². The number of urea groups is 1. The van der Waals surface area contributed by atoms with E-state index in [-0.39, 0.29) is 5.69 Å². The summed E-state index contributed by atoms with van der Waals surface area (Å²) >= 11 is 0. The lowest BCUT2D eigenvalue weighted by atomic mass is 10.2. The maximum Gasteiger partial charge on any atom is 0.323 e. The number of rotatable bonds is 6. The fourth-order valence-electron chi connectivity index (χ4n) is 3.03. The minimum absolute atomic E-state index is 0.142. The minimum atomic E-state index is -0.875. The van der Waals surface area contributed by atoms with E-state index in [4.69, 9.17) is 14.2 Å². The number of amides is 2. The first kappa shape index (κ1) is 21.8. The van der Waals surface area contributed by atoms with E-state index >= 15 is 0 Å². The Morgan fingerprint density at radius 2 is 1.61 bits per heavy atom. The van der Waals surface area contributed by atoms with Gasteiger partial charge in [0.25, 0.3) is 0 Å². The van der Waals surface area contributed by atoms with Crippen LogP contribution in [0, 0.1) is 11.6 Å². The highest BCUT2D eigenvalue weighted by Crippen LogP contribution is 2.35. The maximum absolute atomic E-state index is 13.7. The number of anilines is 2. The number of fused-ring (bicyclic) bond motifs is 1. The van der Waals surface area contributed by atoms with Crippen molar-refractivity contribution in [3.63, 3.8) is 0 Å². The van der Waals surface area contributed by atoms with Crippen LogP contribution in [-0.2, 0) is 0 Å². The number of benzene rings is 3. The quantitative estimate of drug-likeness (QED) is 0.409. The highest BCUT2D eigenvalue weighted by molar-refractivity contribution is 5.99. The number of nitrogens with zero attached hydrogens (tertiary/aromatic N) is 2. The third-order valence-corrected chi connectivity index (χ3v) is 4.61. The van der Waals surface area contributed by atoms with Crippen molar-refractivity contribution in [2.75, 3.05) is 24.9 Å². The van der Waals surface area contributed by atoms with Crippen molar-refractivity contribution in [3.8, 4) is 23.1 Å². The van der Waals surface area contributed by atoms with E-state index < -0.39 is 17.7 Å². The summed E-state index contributed by atoms with van der Waals surface area (Å²) in [5.41, 5.74) is 0.901. The molecular formula is C23H18F2N4O4. The molecule has 33 heavy (non-hydrogen) atoms. The van der Waals surface area contributed by atoms with Gasteiger partial charge in [-0.3, -0.25) is 0 Å². The number of hydrogen-bond acceptors (Lipinski definition) is 6. The van der Waals surface area contributed by atoms with Crippen LogP contribution in [0.3, 0.4) is 0 Å². The van der Waals surface area contributed by atoms with Crippen LogP contribution < -0.4 is 24.8 Å². The van der Waals surface area contributed by atoms with E-state index in [1.807, 2.05) is 0 Å². The van der Waals surface area contributed by atoms with E-state index in [2.05, 4.69) is 20.6 Å². The molecule has 0 bridgehead atoms. The molecule has 0 saturated carbocycles. The molecule has 3 aromatic carbocycles. The average Bonchev–Trinajstić information content (AvgIpc) is 2.81. The van der Waals surface area contributed by atoms with E-state index in [1.165, 1.54) is 20.5 Å². The molecule has 0 aliphatic carbocycles. The molecule has 0 aliphatic rings. The first-order valence-electron chi connectivity index (χ1n) is 9.64. The molecule has 1 heterocycles. The first-order chi connectivity index (χ1) is 16.0. The van der Waals surface area contributed by atoms with E-state index in [1.54, 1.807) is 36.4 Å². The molecule has 4 rings (SSSR count). The summed E-state index contributed by atoms with van der Waals surface area (Å²) in [4.78, 5) is 20.5. The number of aromatic nitrogens is 2. The van der Waals surface area contributed by atoms with Gasteiger partial charge in [-0.2, -0.15) is 0 Å². The highest BCUT2D eigenvalue weighted by atomic mass is 19.1. The maximum atomic E-state index is 13.7. The number of hydrogen-bond donors (Lipinski definition) is 2.